The van der Waals surface area contributed by atoms with Crippen molar-refractivity contribution in [2.45, 2.75) is 129 Å². The van der Waals surface area contributed by atoms with Gasteiger partial charge in [0.25, 0.3) is 11.8 Å². The van der Waals surface area contributed by atoms with E-state index in [2.05, 4.69) is 24.8 Å². The smallest absolute Gasteiger partial charge is 0.332 e. The van der Waals surface area contributed by atoms with Gasteiger partial charge in [0.15, 0.2) is 0 Å². The van der Waals surface area contributed by atoms with Gasteiger partial charge in [-0.3, -0.25) is 9.59 Å². The Bertz CT molecular complexity index is 479. The van der Waals surface area contributed by atoms with Crippen molar-refractivity contribution in [1.29, 1.82) is 0 Å². The van der Waals surface area contributed by atoms with Gasteiger partial charge in [0.1, 0.15) is 0 Å². The first-order valence-electron chi connectivity index (χ1n) is 12.5. The van der Waals surface area contributed by atoms with Crippen molar-refractivity contribution in [2.75, 3.05) is 0 Å². The lowest BCUT2D eigenvalue weighted by atomic mass is 10.1. The summed E-state index contributed by atoms with van der Waals surface area (Å²) >= 11 is 0. The molecule has 0 aromatic carbocycles. The molecule has 0 aliphatic rings. The van der Waals surface area contributed by atoms with Crippen LogP contribution in [0.3, 0.4) is 0 Å². The number of unbranched alkanes of at least 4 members (excludes halogenated alkanes) is 11. The van der Waals surface area contributed by atoms with Crippen molar-refractivity contribution in [3.63, 3.8) is 0 Å². The molecule has 32 heavy (non-hydrogen) atoms. The molecule has 0 aliphatic carbocycles. The zero-order valence-electron chi connectivity index (χ0n) is 20.2. The molecule has 0 fully saturated rings. The minimum atomic E-state index is -0.540. The van der Waals surface area contributed by atoms with Gasteiger partial charge in [0, 0.05) is 25.7 Å². The molecular formula is C24H44N2O6. The molecule has 0 bridgehead atoms. The molecule has 186 valence electrons. The van der Waals surface area contributed by atoms with Gasteiger partial charge in [-0.1, -0.05) is 78.1 Å². The Kier molecular flexibility index (Phi) is 20.6. The molecule has 2 amide bonds. The van der Waals surface area contributed by atoms with Crippen LogP contribution in [0.1, 0.15) is 129 Å². The molecule has 0 heterocycles. The Hall–Kier alpha value is -2.12. The lowest BCUT2D eigenvalue weighted by molar-refractivity contribution is -0.159. The van der Waals surface area contributed by atoms with E-state index in [1.54, 1.807) is 0 Å². The van der Waals surface area contributed by atoms with Crippen LogP contribution < -0.4 is 11.0 Å². The maximum absolute atomic E-state index is 11.6. The molecule has 0 rings (SSSR count). The third-order valence-corrected chi connectivity index (χ3v) is 5.08. The Morgan fingerprint density at radius 2 is 0.781 bits per heavy atom. The molecule has 0 saturated heterocycles. The van der Waals surface area contributed by atoms with Crippen molar-refractivity contribution in [1.82, 2.24) is 11.0 Å². The highest BCUT2D eigenvalue weighted by atomic mass is 16.7. The first-order valence-corrected chi connectivity index (χ1v) is 12.5. The largest absolute Gasteiger partial charge is 0.341 e. The van der Waals surface area contributed by atoms with Crippen molar-refractivity contribution < 1.29 is 28.9 Å². The highest BCUT2D eigenvalue weighted by Crippen LogP contribution is 2.08. The van der Waals surface area contributed by atoms with Gasteiger partial charge in [-0.2, -0.15) is 11.0 Å². The third kappa shape index (κ3) is 21.1. The van der Waals surface area contributed by atoms with Gasteiger partial charge < -0.3 is 9.68 Å². The van der Waals surface area contributed by atoms with E-state index in [0.717, 1.165) is 38.5 Å². The second kappa shape index (κ2) is 22.1. The second-order valence-corrected chi connectivity index (χ2v) is 8.24. The summed E-state index contributed by atoms with van der Waals surface area (Å²) in [5.41, 5.74) is 4.34. The van der Waals surface area contributed by atoms with E-state index in [4.69, 9.17) is 9.68 Å². The maximum atomic E-state index is 11.6. The molecule has 0 aromatic heterocycles. The number of hydrogen-bond acceptors (Lipinski definition) is 6. The molecule has 0 aliphatic heterocycles. The average Bonchev–Trinajstić information content (AvgIpc) is 2.78. The van der Waals surface area contributed by atoms with Crippen LogP contribution in [-0.4, -0.2) is 23.8 Å². The summed E-state index contributed by atoms with van der Waals surface area (Å²) in [5.74, 6) is -1.67. The van der Waals surface area contributed by atoms with Gasteiger partial charge in [0.2, 0.25) is 0 Å². The lowest BCUT2D eigenvalue weighted by Crippen LogP contribution is -2.27. The highest BCUT2D eigenvalue weighted by Gasteiger charge is 2.10. The van der Waals surface area contributed by atoms with Gasteiger partial charge >= 0.3 is 11.9 Å². The number of hydroxylamine groups is 2. The molecule has 2 N–H and O–H groups in total. The van der Waals surface area contributed by atoms with Gasteiger partial charge in [-0.05, 0) is 25.7 Å². The van der Waals surface area contributed by atoms with E-state index in [9.17, 15) is 19.2 Å². The molecule has 0 radical (unpaired) electrons. The van der Waals surface area contributed by atoms with Crippen LogP contribution in [-0.2, 0) is 28.9 Å². The highest BCUT2D eigenvalue weighted by molar-refractivity contribution is 5.78. The zero-order chi connectivity index (χ0) is 23.9. The first kappa shape index (κ1) is 29.9. The summed E-state index contributed by atoms with van der Waals surface area (Å²) in [6.45, 7) is 4.32. The zero-order valence-corrected chi connectivity index (χ0v) is 20.2. The standard InChI is InChI=1S/C24H44N2O6/c1-3-5-7-9-11-13-17-21(27)25-31-23(29)19-15-16-20-24(30)32-26-22(28)18-14-12-10-8-6-4-2/h3-20H2,1-2H3,(H,25,27)(H,26,28). The van der Waals surface area contributed by atoms with E-state index in [1.165, 1.54) is 38.5 Å². The molecular weight excluding hydrogens is 412 g/mol. The summed E-state index contributed by atoms with van der Waals surface area (Å²) in [6.07, 6.45) is 14.7. The van der Waals surface area contributed by atoms with Crippen molar-refractivity contribution >= 4 is 23.8 Å². The fraction of sp³-hybridized carbons (Fsp3) is 0.833. The summed E-state index contributed by atoms with van der Waals surface area (Å²) in [5, 5.41) is 0. The Balaban J connectivity index is 3.56. The molecule has 8 heteroatoms. The fourth-order valence-electron chi connectivity index (χ4n) is 3.10. The number of carbonyl (C=O) groups excluding carboxylic acids is 4. The van der Waals surface area contributed by atoms with Gasteiger partial charge in [-0.25, -0.2) is 9.59 Å². The number of hydrogen-bond donors (Lipinski definition) is 2. The normalized spacial score (nSPS) is 10.4. The minimum absolute atomic E-state index is 0.0922. The summed E-state index contributed by atoms with van der Waals surface area (Å²) < 4.78 is 0. The summed E-state index contributed by atoms with van der Waals surface area (Å²) in [4.78, 5) is 56.0. The van der Waals surface area contributed by atoms with E-state index in [0.29, 0.717) is 25.7 Å². The summed E-state index contributed by atoms with van der Waals surface area (Å²) in [6, 6.07) is 0. The fourth-order valence-corrected chi connectivity index (χ4v) is 3.10. The maximum Gasteiger partial charge on any atom is 0.332 e. The number of amides is 2. The SMILES string of the molecule is CCCCCCCCC(=O)NOC(=O)CCCCC(=O)ONC(=O)CCCCCCCC. The molecule has 8 nitrogen and oxygen atoms in total. The van der Waals surface area contributed by atoms with E-state index in [1.807, 2.05) is 0 Å². The number of carbonyl (C=O) groups is 4. The average molecular weight is 457 g/mol. The predicted octanol–water partition coefficient (Wildman–Crippen LogP) is 5.20. The van der Waals surface area contributed by atoms with Gasteiger partial charge in [-0.15, -0.1) is 0 Å². The Labute approximate surface area is 193 Å². The number of rotatable bonds is 19. The van der Waals surface area contributed by atoms with E-state index in [-0.39, 0.29) is 24.7 Å². The van der Waals surface area contributed by atoms with E-state index < -0.39 is 11.9 Å². The van der Waals surface area contributed by atoms with Crippen LogP contribution in [0.2, 0.25) is 0 Å². The molecule has 0 saturated carbocycles. The van der Waals surface area contributed by atoms with Crippen molar-refractivity contribution in [3.05, 3.63) is 0 Å². The van der Waals surface area contributed by atoms with Crippen LogP contribution in [0.15, 0.2) is 0 Å². The second-order valence-electron chi connectivity index (χ2n) is 8.24. The predicted molar refractivity (Wildman–Crippen MR) is 123 cm³/mol. The molecule has 0 unspecified atom stereocenters. The summed E-state index contributed by atoms with van der Waals surface area (Å²) in [7, 11) is 0. The van der Waals surface area contributed by atoms with Crippen LogP contribution in [0.4, 0.5) is 0 Å². The quantitative estimate of drug-likeness (QED) is 0.204. The molecule has 0 atom stereocenters. The molecule has 0 spiro atoms. The first-order chi connectivity index (χ1) is 15.5. The van der Waals surface area contributed by atoms with Crippen LogP contribution in [0, 0.1) is 0 Å². The third-order valence-electron chi connectivity index (χ3n) is 5.08. The van der Waals surface area contributed by atoms with Crippen LogP contribution in [0.5, 0.6) is 0 Å². The van der Waals surface area contributed by atoms with Crippen LogP contribution in [0.25, 0.3) is 0 Å². The minimum Gasteiger partial charge on any atom is -0.341 e. The van der Waals surface area contributed by atoms with Crippen LogP contribution >= 0.6 is 0 Å². The Morgan fingerprint density at radius 3 is 1.16 bits per heavy atom. The van der Waals surface area contributed by atoms with Gasteiger partial charge in [0.05, 0.1) is 0 Å². The monoisotopic (exact) mass is 456 g/mol. The number of nitrogens with one attached hydrogen (secondary N) is 2. The Morgan fingerprint density at radius 1 is 0.469 bits per heavy atom. The van der Waals surface area contributed by atoms with E-state index >= 15 is 0 Å². The van der Waals surface area contributed by atoms with Crippen molar-refractivity contribution in [3.8, 4) is 0 Å². The topological polar surface area (TPSA) is 111 Å². The van der Waals surface area contributed by atoms with Crippen molar-refractivity contribution in [2.24, 2.45) is 0 Å². The molecule has 0 aromatic rings. The lowest BCUT2D eigenvalue weighted by Gasteiger charge is -2.07.